The Morgan fingerprint density at radius 2 is 1.75 bits per heavy atom. The van der Waals surface area contributed by atoms with E-state index in [0.717, 1.165) is 24.2 Å². The van der Waals surface area contributed by atoms with E-state index in [2.05, 4.69) is 13.8 Å². The van der Waals surface area contributed by atoms with Gasteiger partial charge in [-0.2, -0.15) is 0 Å². The number of Topliss-reactive ketones (excluding diaryl/α,β-unsaturated/α-hetero) is 1. The predicted molar refractivity (Wildman–Crippen MR) is 81.4 cm³/mol. The number of rotatable bonds is 0. The molecule has 112 valence electrons. The van der Waals surface area contributed by atoms with Crippen molar-refractivity contribution in [3.05, 3.63) is 0 Å². The maximum atomic E-state index is 12.8. The number of fused-ring (bicyclic) bond motifs is 5. The predicted octanol–water partition coefficient (Wildman–Crippen LogP) is 4.99. The zero-order chi connectivity index (χ0) is 14.0. The Bertz CT molecular complexity index is 427. The zero-order valence-electron chi connectivity index (χ0n) is 13.3. The summed E-state index contributed by atoms with van der Waals surface area (Å²) in [5, 5.41) is 0. The lowest BCUT2D eigenvalue weighted by molar-refractivity contribution is -0.152. The van der Waals surface area contributed by atoms with Crippen LogP contribution in [0.2, 0.25) is 0 Å². The molecule has 4 aliphatic rings. The topological polar surface area (TPSA) is 17.1 Å². The minimum absolute atomic E-state index is 0.363. The van der Waals surface area contributed by atoms with Crippen LogP contribution in [0.25, 0.3) is 0 Å². The molecule has 1 unspecified atom stereocenters. The fraction of sp³-hybridized carbons (Fsp3) is 0.947. The third-order valence-corrected chi connectivity index (χ3v) is 8.15. The van der Waals surface area contributed by atoms with Crippen LogP contribution in [0.4, 0.5) is 0 Å². The van der Waals surface area contributed by atoms with Gasteiger partial charge in [-0.3, -0.25) is 4.79 Å². The number of hydrogen-bond donors (Lipinski definition) is 0. The van der Waals surface area contributed by atoms with Gasteiger partial charge >= 0.3 is 0 Å². The number of hydrogen-bond acceptors (Lipinski definition) is 1. The summed E-state index contributed by atoms with van der Waals surface area (Å²) in [4.78, 5) is 12.8. The van der Waals surface area contributed by atoms with E-state index in [1.165, 1.54) is 57.8 Å². The molecule has 0 saturated heterocycles. The molecule has 0 N–H and O–H groups in total. The molecular weight excluding hydrogens is 244 g/mol. The van der Waals surface area contributed by atoms with E-state index in [-0.39, 0.29) is 0 Å². The zero-order valence-corrected chi connectivity index (χ0v) is 13.3. The van der Waals surface area contributed by atoms with Gasteiger partial charge in [0.05, 0.1) is 0 Å². The van der Waals surface area contributed by atoms with Crippen LogP contribution in [0.15, 0.2) is 0 Å². The summed E-state index contributed by atoms with van der Waals surface area (Å²) in [5.41, 5.74) is 0.946. The van der Waals surface area contributed by atoms with E-state index in [0.29, 0.717) is 22.5 Å². The van der Waals surface area contributed by atoms with E-state index >= 15 is 0 Å². The molecule has 4 fully saturated rings. The van der Waals surface area contributed by atoms with Gasteiger partial charge in [-0.05, 0) is 67.1 Å². The van der Waals surface area contributed by atoms with Crippen LogP contribution in [-0.4, -0.2) is 5.78 Å². The molecule has 6 atom stereocenters. The van der Waals surface area contributed by atoms with Crippen LogP contribution in [0.5, 0.6) is 0 Å². The van der Waals surface area contributed by atoms with Crippen molar-refractivity contribution in [1.82, 2.24) is 0 Å². The first-order chi connectivity index (χ1) is 9.55. The number of carbonyl (C=O) groups excluding carboxylic acids is 1. The Balaban J connectivity index is 1.70. The van der Waals surface area contributed by atoms with Crippen molar-refractivity contribution in [1.29, 1.82) is 0 Å². The lowest BCUT2D eigenvalue weighted by Crippen LogP contribution is -2.55. The molecule has 0 bridgehead atoms. The van der Waals surface area contributed by atoms with E-state index < -0.39 is 0 Å². The molecule has 0 aliphatic heterocycles. The summed E-state index contributed by atoms with van der Waals surface area (Å²) in [6, 6.07) is 0. The minimum Gasteiger partial charge on any atom is -0.299 e. The average molecular weight is 274 g/mol. The summed E-state index contributed by atoms with van der Waals surface area (Å²) >= 11 is 0. The number of ketones is 1. The Morgan fingerprint density at radius 1 is 0.900 bits per heavy atom. The van der Waals surface area contributed by atoms with Crippen molar-refractivity contribution in [3.63, 3.8) is 0 Å². The highest BCUT2D eigenvalue weighted by Crippen LogP contribution is 2.65. The molecule has 4 saturated carbocycles. The number of carbonyl (C=O) groups is 1. The molecule has 20 heavy (non-hydrogen) atoms. The van der Waals surface area contributed by atoms with Gasteiger partial charge in [-0.15, -0.1) is 0 Å². The van der Waals surface area contributed by atoms with Crippen LogP contribution in [0.3, 0.4) is 0 Å². The van der Waals surface area contributed by atoms with Crippen LogP contribution in [-0.2, 0) is 4.79 Å². The second-order valence-electron chi connectivity index (χ2n) is 8.94. The van der Waals surface area contributed by atoms with E-state index in [1.807, 2.05) is 0 Å². The summed E-state index contributed by atoms with van der Waals surface area (Å²) in [5.74, 6) is 3.53. The van der Waals surface area contributed by atoms with Gasteiger partial charge in [0.1, 0.15) is 5.78 Å². The van der Waals surface area contributed by atoms with Crippen LogP contribution >= 0.6 is 0 Å². The molecule has 1 heteroatoms. The molecule has 4 rings (SSSR count). The van der Waals surface area contributed by atoms with Crippen molar-refractivity contribution in [2.75, 3.05) is 0 Å². The first-order valence-corrected chi connectivity index (χ1v) is 9.07. The van der Waals surface area contributed by atoms with Crippen molar-refractivity contribution < 1.29 is 4.79 Å². The molecule has 1 nitrogen and oxygen atoms in total. The Labute approximate surface area is 123 Å². The maximum Gasteiger partial charge on any atom is 0.136 e. The fourth-order valence-electron chi connectivity index (χ4n) is 7.09. The molecule has 0 amide bonds. The highest BCUT2D eigenvalue weighted by molar-refractivity contribution is 5.83. The van der Waals surface area contributed by atoms with Gasteiger partial charge < -0.3 is 0 Å². The summed E-state index contributed by atoms with van der Waals surface area (Å²) < 4.78 is 0. The van der Waals surface area contributed by atoms with E-state index in [1.54, 1.807) is 0 Å². The molecule has 0 radical (unpaired) electrons. The second-order valence-corrected chi connectivity index (χ2v) is 8.94. The van der Waals surface area contributed by atoms with Gasteiger partial charge in [0.25, 0.3) is 0 Å². The normalized spacial score (nSPS) is 55.0. The molecule has 0 aromatic heterocycles. The van der Waals surface area contributed by atoms with Gasteiger partial charge in [0, 0.05) is 12.3 Å². The second kappa shape index (κ2) is 4.34. The minimum atomic E-state index is 0.363. The van der Waals surface area contributed by atoms with Crippen LogP contribution in [0.1, 0.15) is 78.1 Å². The highest BCUT2D eigenvalue weighted by Gasteiger charge is 2.59. The lowest BCUT2D eigenvalue weighted by atomic mass is 9.45. The largest absolute Gasteiger partial charge is 0.299 e. The van der Waals surface area contributed by atoms with E-state index in [9.17, 15) is 4.79 Å². The standard InChI is InChI=1S/C19H30O/c1-18-9-5-7-14(18)13-12-17(20)16-6-3-4-10-19(16,2)15(13)8-11-18/h13-16H,3-12H2,1-2H3/t13-,14-,15+,16?,18-,19+/m0/s1. The Morgan fingerprint density at radius 3 is 2.60 bits per heavy atom. The first-order valence-electron chi connectivity index (χ1n) is 9.07. The molecule has 0 spiro atoms. The van der Waals surface area contributed by atoms with Gasteiger partial charge in [0.2, 0.25) is 0 Å². The first kappa shape index (κ1) is 13.3. The van der Waals surface area contributed by atoms with Crippen molar-refractivity contribution in [2.45, 2.75) is 78.1 Å². The average Bonchev–Trinajstić information content (AvgIpc) is 2.81. The van der Waals surface area contributed by atoms with Crippen LogP contribution < -0.4 is 0 Å². The van der Waals surface area contributed by atoms with Crippen molar-refractivity contribution in [3.8, 4) is 0 Å². The summed E-state index contributed by atoms with van der Waals surface area (Å²) in [6.45, 7) is 5.02. The molecule has 0 aromatic carbocycles. The van der Waals surface area contributed by atoms with Gasteiger partial charge in [-0.25, -0.2) is 0 Å². The molecule has 0 heterocycles. The third-order valence-electron chi connectivity index (χ3n) is 8.15. The molecular formula is C19H30O. The highest BCUT2D eigenvalue weighted by atomic mass is 16.1. The summed E-state index contributed by atoms with van der Waals surface area (Å²) in [6.07, 6.45) is 13.2. The van der Waals surface area contributed by atoms with Crippen LogP contribution in [0, 0.1) is 34.5 Å². The van der Waals surface area contributed by atoms with E-state index in [4.69, 9.17) is 0 Å². The SMILES string of the molecule is C[C@@]12CCC[C@H]1[C@@H]1CC(=O)C3CCCC[C@]3(C)[C@@H]1CC2. The Hall–Kier alpha value is -0.330. The third kappa shape index (κ3) is 1.64. The lowest BCUT2D eigenvalue weighted by Gasteiger charge is -2.59. The van der Waals surface area contributed by atoms with Gasteiger partial charge in [-0.1, -0.05) is 33.1 Å². The van der Waals surface area contributed by atoms with Gasteiger partial charge in [0.15, 0.2) is 0 Å². The fourth-order valence-corrected chi connectivity index (χ4v) is 7.09. The van der Waals surface area contributed by atoms with Crippen molar-refractivity contribution in [2.24, 2.45) is 34.5 Å². The quantitative estimate of drug-likeness (QED) is 0.608. The van der Waals surface area contributed by atoms with Crippen molar-refractivity contribution >= 4 is 5.78 Å². The molecule has 0 aromatic rings. The smallest absolute Gasteiger partial charge is 0.136 e. The molecule has 4 aliphatic carbocycles. The monoisotopic (exact) mass is 274 g/mol. The maximum absolute atomic E-state index is 12.8. The Kier molecular flexibility index (Phi) is 2.89. The summed E-state index contributed by atoms with van der Waals surface area (Å²) in [7, 11) is 0.